The molecule has 1 unspecified atom stereocenters. The first-order valence-electron chi connectivity index (χ1n) is 7.24. The molecular formula is C16H14N4O2S. The van der Waals surface area contributed by atoms with Crippen LogP contribution < -0.4 is 10.6 Å². The molecule has 6 nitrogen and oxygen atoms in total. The summed E-state index contributed by atoms with van der Waals surface area (Å²) in [6, 6.07) is 5.11. The maximum Gasteiger partial charge on any atom is 0.268 e. The van der Waals surface area contributed by atoms with E-state index in [1.165, 1.54) is 4.88 Å². The van der Waals surface area contributed by atoms with Gasteiger partial charge in [-0.3, -0.25) is 14.6 Å². The number of aromatic nitrogens is 2. The van der Waals surface area contributed by atoms with E-state index in [2.05, 4.69) is 20.6 Å². The van der Waals surface area contributed by atoms with Gasteiger partial charge in [0.25, 0.3) is 5.91 Å². The Labute approximate surface area is 135 Å². The zero-order valence-electron chi connectivity index (χ0n) is 12.3. The van der Waals surface area contributed by atoms with Gasteiger partial charge in [0.1, 0.15) is 16.6 Å². The van der Waals surface area contributed by atoms with Crippen LogP contribution in [0.4, 0.5) is 5.69 Å². The molecule has 3 N–H and O–H groups in total. The van der Waals surface area contributed by atoms with E-state index in [9.17, 15) is 9.59 Å². The molecule has 0 saturated carbocycles. The number of H-pyrrole nitrogens is 1. The quantitative estimate of drug-likeness (QED) is 0.675. The number of carbonyl (C=O) groups excluding carboxylic acids is 2. The molecule has 0 fully saturated rings. The molecule has 2 amide bonds. The summed E-state index contributed by atoms with van der Waals surface area (Å²) in [5.74, 6) is -0.494. The summed E-state index contributed by atoms with van der Waals surface area (Å²) in [6.45, 7) is 2.02. The highest BCUT2D eigenvalue weighted by Gasteiger charge is 2.28. The Kier molecular flexibility index (Phi) is 3.16. The second kappa shape index (κ2) is 5.20. The van der Waals surface area contributed by atoms with Gasteiger partial charge in [0.15, 0.2) is 0 Å². The number of thiophene rings is 1. The molecule has 1 aliphatic rings. The van der Waals surface area contributed by atoms with E-state index < -0.39 is 6.04 Å². The molecule has 0 saturated heterocycles. The van der Waals surface area contributed by atoms with Crippen molar-refractivity contribution in [2.45, 2.75) is 19.4 Å². The second-order valence-electron chi connectivity index (χ2n) is 5.58. The summed E-state index contributed by atoms with van der Waals surface area (Å²) < 4.78 is 0. The largest absolute Gasteiger partial charge is 0.342 e. The van der Waals surface area contributed by atoms with Crippen LogP contribution in [-0.4, -0.2) is 27.8 Å². The Bertz CT molecular complexity index is 896. The number of aromatic amines is 1. The van der Waals surface area contributed by atoms with Crippen molar-refractivity contribution in [1.82, 2.24) is 15.3 Å². The van der Waals surface area contributed by atoms with E-state index in [-0.39, 0.29) is 11.8 Å². The normalized spacial score (nSPS) is 16.9. The molecule has 0 spiro atoms. The maximum atomic E-state index is 12.4. The second-order valence-corrected chi connectivity index (χ2v) is 6.83. The third-order valence-electron chi connectivity index (χ3n) is 3.89. The van der Waals surface area contributed by atoms with E-state index in [0.717, 1.165) is 15.8 Å². The summed E-state index contributed by atoms with van der Waals surface area (Å²) in [6.07, 6.45) is 3.76. The van der Waals surface area contributed by atoms with Gasteiger partial charge in [-0.25, -0.2) is 0 Å². The summed E-state index contributed by atoms with van der Waals surface area (Å²) in [4.78, 5) is 33.8. The minimum absolute atomic E-state index is 0.219. The fraction of sp³-hybridized carbons (Fsp3) is 0.188. The molecule has 3 aromatic rings. The monoisotopic (exact) mass is 326 g/mol. The van der Waals surface area contributed by atoms with Gasteiger partial charge < -0.3 is 15.6 Å². The van der Waals surface area contributed by atoms with Gasteiger partial charge in [0, 0.05) is 22.9 Å². The Balaban J connectivity index is 1.54. The van der Waals surface area contributed by atoms with Gasteiger partial charge in [-0.15, -0.1) is 11.3 Å². The lowest BCUT2D eigenvalue weighted by atomic mass is 10.0. The van der Waals surface area contributed by atoms with E-state index in [1.54, 1.807) is 23.7 Å². The van der Waals surface area contributed by atoms with Crippen molar-refractivity contribution in [3.63, 3.8) is 0 Å². The van der Waals surface area contributed by atoms with Crippen LogP contribution in [0, 0.1) is 6.92 Å². The van der Waals surface area contributed by atoms with Crippen molar-refractivity contribution in [2.75, 3.05) is 5.32 Å². The fourth-order valence-corrected chi connectivity index (χ4v) is 3.68. The molecule has 0 bridgehead atoms. The molecule has 0 aliphatic carbocycles. The van der Waals surface area contributed by atoms with Crippen LogP contribution in [0.15, 0.2) is 30.6 Å². The van der Waals surface area contributed by atoms with Crippen LogP contribution in [0.2, 0.25) is 0 Å². The number of anilines is 1. The van der Waals surface area contributed by atoms with Crippen molar-refractivity contribution >= 4 is 39.1 Å². The summed E-state index contributed by atoms with van der Waals surface area (Å²) in [7, 11) is 0. The number of rotatable bonds is 2. The fourth-order valence-electron chi connectivity index (χ4n) is 2.77. The van der Waals surface area contributed by atoms with Crippen molar-refractivity contribution in [3.8, 4) is 0 Å². The first-order chi connectivity index (χ1) is 11.1. The zero-order valence-corrected chi connectivity index (χ0v) is 13.2. The molecule has 0 radical (unpaired) electrons. The van der Waals surface area contributed by atoms with Crippen LogP contribution in [0.25, 0.3) is 10.2 Å². The highest BCUT2D eigenvalue weighted by molar-refractivity contribution is 7.18. The van der Waals surface area contributed by atoms with Crippen LogP contribution >= 0.6 is 11.3 Å². The van der Waals surface area contributed by atoms with Crippen molar-refractivity contribution in [3.05, 3.63) is 46.7 Å². The lowest BCUT2D eigenvalue weighted by molar-refractivity contribution is -0.118. The van der Waals surface area contributed by atoms with Gasteiger partial charge in [-0.05, 0) is 30.7 Å². The van der Waals surface area contributed by atoms with Crippen LogP contribution in [0.1, 0.15) is 20.9 Å². The molecule has 3 aromatic heterocycles. The van der Waals surface area contributed by atoms with E-state index in [0.29, 0.717) is 17.8 Å². The molecule has 4 heterocycles. The van der Waals surface area contributed by atoms with E-state index in [4.69, 9.17) is 0 Å². The molecule has 1 atom stereocenters. The third kappa shape index (κ3) is 2.49. The maximum absolute atomic E-state index is 12.4. The number of amides is 2. The first-order valence-corrected chi connectivity index (χ1v) is 8.05. The van der Waals surface area contributed by atoms with Gasteiger partial charge in [0.2, 0.25) is 5.91 Å². The van der Waals surface area contributed by atoms with Gasteiger partial charge >= 0.3 is 0 Å². The lowest BCUT2D eigenvalue weighted by Gasteiger charge is -2.24. The highest BCUT2D eigenvalue weighted by Crippen LogP contribution is 2.25. The van der Waals surface area contributed by atoms with Crippen LogP contribution in [-0.2, 0) is 11.2 Å². The number of carbonyl (C=O) groups is 2. The predicted molar refractivity (Wildman–Crippen MR) is 88.7 cm³/mol. The number of hydrogen-bond donors (Lipinski definition) is 3. The molecule has 0 aromatic carbocycles. The average Bonchev–Trinajstić information content (AvgIpc) is 3.05. The van der Waals surface area contributed by atoms with Crippen LogP contribution in [0.3, 0.4) is 0 Å². The number of nitrogens with zero attached hydrogens (tertiary/aromatic N) is 1. The molecule has 4 rings (SSSR count). The molecule has 23 heavy (non-hydrogen) atoms. The average molecular weight is 326 g/mol. The Morgan fingerprint density at radius 2 is 2.30 bits per heavy atom. The number of aryl methyl sites for hydroxylation is 1. The van der Waals surface area contributed by atoms with Crippen molar-refractivity contribution < 1.29 is 9.59 Å². The van der Waals surface area contributed by atoms with Crippen molar-refractivity contribution in [2.24, 2.45) is 0 Å². The van der Waals surface area contributed by atoms with Gasteiger partial charge in [-0.1, -0.05) is 0 Å². The molecular weight excluding hydrogens is 312 g/mol. The number of nitrogens with one attached hydrogen (secondary N) is 3. The van der Waals surface area contributed by atoms with E-state index in [1.807, 2.05) is 25.1 Å². The van der Waals surface area contributed by atoms with E-state index >= 15 is 0 Å². The number of fused-ring (bicyclic) bond motifs is 2. The summed E-state index contributed by atoms with van der Waals surface area (Å²) in [5, 5.41) is 6.58. The molecule has 7 heteroatoms. The van der Waals surface area contributed by atoms with Gasteiger partial charge in [-0.2, -0.15) is 0 Å². The predicted octanol–water partition coefficient (Wildman–Crippen LogP) is 2.23. The smallest absolute Gasteiger partial charge is 0.268 e. The zero-order chi connectivity index (χ0) is 16.0. The van der Waals surface area contributed by atoms with Gasteiger partial charge in [0.05, 0.1) is 11.9 Å². The summed E-state index contributed by atoms with van der Waals surface area (Å²) >= 11 is 1.61. The highest BCUT2D eigenvalue weighted by atomic mass is 32.1. The lowest BCUT2D eigenvalue weighted by Crippen LogP contribution is -2.47. The molecule has 116 valence electrons. The van der Waals surface area contributed by atoms with Crippen LogP contribution in [0.5, 0.6) is 0 Å². The number of pyridine rings is 1. The van der Waals surface area contributed by atoms with Crippen molar-refractivity contribution in [1.29, 1.82) is 0 Å². The first kappa shape index (κ1) is 14.0. The topological polar surface area (TPSA) is 86.9 Å². The third-order valence-corrected chi connectivity index (χ3v) is 4.87. The number of hydrogen-bond acceptors (Lipinski definition) is 4. The summed E-state index contributed by atoms with van der Waals surface area (Å²) in [5.41, 5.74) is 2.14. The minimum Gasteiger partial charge on any atom is -0.342 e. The molecule has 1 aliphatic heterocycles. The minimum atomic E-state index is -0.583. The standard InChI is InChI=1S/C16H14N4O2S/c1-8-4-10-6-12(20-16(10)23-8)15(22)18-11-5-9-2-3-17-7-13(9)19-14(11)21/h2-4,6-7,11,20H,5H2,1H3,(H,18,22)(H,19,21). The Morgan fingerprint density at radius 3 is 3.13 bits per heavy atom. The Morgan fingerprint density at radius 1 is 1.43 bits per heavy atom. The SMILES string of the molecule is Cc1cc2cc(C(=O)NC3Cc4ccncc4NC3=O)[nH]c2s1. The Hall–Kier alpha value is -2.67.